The predicted octanol–water partition coefficient (Wildman–Crippen LogP) is 1.08. The van der Waals surface area contributed by atoms with Crippen LogP contribution in [0.4, 0.5) is 0 Å². The van der Waals surface area contributed by atoms with Crippen LogP contribution in [0.25, 0.3) is 0 Å². The molecule has 1 aliphatic rings. The molecule has 1 unspecified atom stereocenters. The summed E-state index contributed by atoms with van der Waals surface area (Å²) in [6, 6.07) is 0. The Hall–Kier alpha value is -0.610. The largest absolute Gasteiger partial charge is 0.382 e. The first-order chi connectivity index (χ1) is 11.2. The maximum atomic E-state index is 11.7. The van der Waals surface area contributed by atoms with Crippen LogP contribution >= 0.6 is 24.0 Å². The summed E-state index contributed by atoms with van der Waals surface area (Å²) in [4.78, 5) is 18.4. The molecule has 1 saturated heterocycles. The number of hydrogen-bond acceptors (Lipinski definition) is 4. The molecule has 2 N–H and O–H groups in total. The number of halogens is 1. The van der Waals surface area contributed by atoms with E-state index in [0.29, 0.717) is 25.7 Å². The number of nitrogens with one attached hydrogen (secondary N) is 2. The lowest BCUT2D eigenvalue weighted by Gasteiger charge is -2.21. The summed E-state index contributed by atoms with van der Waals surface area (Å²) in [5.41, 5.74) is 0. The van der Waals surface area contributed by atoms with Gasteiger partial charge in [0.05, 0.1) is 19.8 Å². The third kappa shape index (κ3) is 9.63. The average Bonchev–Trinajstić information content (AvgIpc) is 3.02. The molecule has 0 bridgehead atoms. The molecule has 0 aromatic rings. The molecule has 0 radical (unpaired) electrons. The summed E-state index contributed by atoms with van der Waals surface area (Å²) in [6.07, 6.45) is 2.02. The van der Waals surface area contributed by atoms with Crippen molar-refractivity contribution < 1.29 is 14.3 Å². The number of aliphatic imine (C=N–C) groups is 1. The molecule has 1 heterocycles. The van der Waals surface area contributed by atoms with E-state index in [2.05, 4.69) is 20.5 Å². The molecule has 7 nitrogen and oxygen atoms in total. The monoisotopic (exact) mass is 456 g/mol. The van der Waals surface area contributed by atoms with E-state index in [1.165, 1.54) is 0 Å². The molecule has 0 aromatic heterocycles. The van der Waals surface area contributed by atoms with Crippen molar-refractivity contribution in [3.63, 3.8) is 0 Å². The van der Waals surface area contributed by atoms with E-state index in [-0.39, 0.29) is 36.4 Å². The first-order valence-electron chi connectivity index (χ1n) is 8.57. The number of likely N-dealkylation sites (tertiary alicyclic amines) is 1. The Morgan fingerprint density at radius 3 is 2.75 bits per heavy atom. The van der Waals surface area contributed by atoms with Crippen molar-refractivity contribution in [2.75, 3.05) is 59.7 Å². The van der Waals surface area contributed by atoms with Crippen LogP contribution in [-0.4, -0.2) is 76.4 Å². The van der Waals surface area contributed by atoms with E-state index >= 15 is 0 Å². The van der Waals surface area contributed by atoms with Crippen LogP contribution in [0.15, 0.2) is 4.99 Å². The number of guanidine groups is 1. The van der Waals surface area contributed by atoms with Gasteiger partial charge in [0.2, 0.25) is 5.91 Å². The quantitative estimate of drug-likeness (QED) is 0.223. The van der Waals surface area contributed by atoms with Gasteiger partial charge in [0.1, 0.15) is 6.54 Å². The van der Waals surface area contributed by atoms with Crippen LogP contribution in [0, 0.1) is 5.92 Å². The molecular formula is C16H33IN4O3. The summed E-state index contributed by atoms with van der Waals surface area (Å²) in [5, 5.41) is 6.11. The number of carbonyl (C=O) groups excluding carboxylic acids is 1. The minimum Gasteiger partial charge on any atom is -0.382 e. The number of nitrogens with zero attached hydrogens (tertiary/aromatic N) is 2. The van der Waals surface area contributed by atoms with Gasteiger partial charge in [-0.05, 0) is 19.8 Å². The van der Waals surface area contributed by atoms with Gasteiger partial charge < -0.3 is 25.0 Å². The predicted molar refractivity (Wildman–Crippen MR) is 107 cm³/mol. The van der Waals surface area contributed by atoms with Gasteiger partial charge in [-0.25, -0.2) is 4.99 Å². The maximum absolute atomic E-state index is 11.7. The first-order valence-corrected chi connectivity index (χ1v) is 8.57. The highest BCUT2D eigenvalue weighted by molar-refractivity contribution is 14.0. The summed E-state index contributed by atoms with van der Waals surface area (Å²) >= 11 is 0. The number of hydrogen-bond donors (Lipinski definition) is 2. The van der Waals surface area contributed by atoms with Crippen LogP contribution in [0.5, 0.6) is 0 Å². The Bertz CT molecular complexity index is 369. The molecule has 8 heteroatoms. The lowest BCUT2D eigenvalue weighted by Crippen LogP contribution is -2.41. The second-order valence-corrected chi connectivity index (χ2v) is 5.69. The van der Waals surface area contributed by atoms with E-state index in [4.69, 9.17) is 9.47 Å². The molecule has 1 amide bonds. The van der Waals surface area contributed by atoms with Crippen LogP contribution in [0.1, 0.15) is 26.7 Å². The third-order valence-electron chi connectivity index (χ3n) is 3.65. The molecular weight excluding hydrogens is 423 g/mol. The summed E-state index contributed by atoms with van der Waals surface area (Å²) < 4.78 is 10.6. The summed E-state index contributed by atoms with van der Waals surface area (Å²) in [5.74, 6) is 1.30. The zero-order valence-corrected chi connectivity index (χ0v) is 17.5. The molecule has 1 fully saturated rings. The minimum absolute atomic E-state index is 0. The zero-order chi connectivity index (χ0) is 16.9. The van der Waals surface area contributed by atoms with E-state index in [1.807, 2.05) is 13.8 Å². The highest BCUT2D eigenvalue weighted by Gasteiger charge is 2.25. The second-order valence-electron chi connectivity index (χ2n) is 5.69. The van der Waals surface area contributed by atoms with E-state index in [1.54, 1.807) is 7.11 Å². The van der Waals surface area contributed by atoms with E-state index in [0.717, 1.165) is 45.0 Å². The lowest BCUT2D eigenvalue weighted by atomic mass is 10.1. The standard InChI is InChI=1S/C16H32N4O3.HI/c1-4-7-18-15(21)11-19-16(17-5-2)20-8-6-14(12-20)13-23-10-9-22-3;/h14H,4-13H2,1-3H3,(H,17,19)(H,18,21);1H. The number of carbonyl (C=O) groups is 1. The number of methoxy groups -OCH3 is 1. The molecule has 142 valence electrons. The van der Waals surface area contributed by atoms with Gasteiger partial charge in [0, 0.05) is 39.2 Å². The fraction of sp³-hybridized carbons (Fsp3) is 0.875. The fourth-order valence-corrected chi connectivity index (χ4v) is 2.45. The highest BCUT2D eigenvalue weighted by Crippen LogP contribution is 2.16. The third-order valence-corrected chi connectivity index (χ3v) is 3.65. The molecule has 24 heavy (non-hydrogen) atoms. The minimum atomic E-state index is -0.0269. The van der Waals surface area contributed by atoms with Crippen molar-refractivity contribution in [3.8, 4) is 0 Å². The van der Waals surface area contributed by atoms with Crippen molar-refractivity contribution in [3.05, 3.63) is 0 Å². The second kappa shape index (κ2) is 14.7. The van der Waals surface area contributed by atoms with Gasteiger partial charge in [-0.1, -0.05) is 6.92 Å². The SMILES string of the molecule is CCCNC(=O)CN=C(NCC)N1CCC(COCCOC)C1.I. The van der Waals surface area contributed by atoms with E-state index < -0.39 is 0 Å². The highest BCUT2D eigenvalue weighted by atomic mass is 127. The van der Waals surface area contributed by atoms with Crippen molar-refractivity contribution in [2.45, 2.75) is 26.7 Å². The van der Waals surface area contributed by atoms with Crippen LogP contribution in [0.3, 0.4) is 0 Å². The number of amides is 1. The molecule has 0 aliphatic carbocycles. The fourth-order valence-electron chi connectivity index (χ4n) is 2.45. The van der Waals surface area contributed by atoms with Gasteiger partial charge >= 0.3 is 0 Å². The van der Waals surface area contributed by atoms with Crippen molar-refractivity contribution >= 4 is 35.8 Å². The first kappa shape index (κ1) is 23.4. The molecule has 0 aromatic carbocycles. The molecule has 1 rings (SSSR count). The molecule has 0 saturated carbocycles. The van der Waals surface area contributed by atoms with Crippen molar-refractivity contribution in [1.29, 1.82) is 0 Å². The Morgan fingerprint density at radius 2 is 2.08 bits per heavy atom. The molecule has 0 spiro atoms. The van der Waals surface area contributed by atoms with Gasteiger partial charge in [-0.3, -0.25) is 4.79 Å². The van der Waals surface area contributed by atoms with Crippen LogP contribution < -0.4 is 10.6 Å². The Morgan fingerprint density at radius 1 is 1.29 bits per heavy atom. The summed E-state index contributed by atoms with van der Waals surface area (Å²) in [7, 11) is 1.68. The Kier molecular flexibility index (Phi) is 14.3. The average molecular weight is 456 g/mol. The zero-order valence-electron chi connectivity index (χ0n) is 15.2. The van der Waals surface area contributed by atoms with Gasteiger partial charge in [0.25, 0.3) is 0 Å². The van der Waals surface area contributed by atoms with Gasteiger partial charge in [0.15, 0.2) is 5.96 Å². The summed E-state index contributed by atoms with van der Waals surface area (Å²) in [6.45, 7) is 9.61. The van der Waals surface area contributed by atoms with Crippen molar-refractivity contribution in [2.24, 2.45) is 10.9 Å². The Labute approximate surface area is 162 Å². The van der Waals surface area contributed by atoms with Gasteiger partial charge in [-0.2, -0.15) is 0 Å². The Balaban J connectivity index is 0.00000529. The number of rotatable bonds is 10. The van der Waals surface area contributed by atoms with E-state index in [9.17, 15) is 4.79 Å². The lowest BCUT2D eigenvalue weighted by molar-refractivity contribution is -0.119. The maximum Gasteiger partial charge on any atom is 0.241 e. The molecule has 1 aliphatic heterocycles. The topological polar surface area (TPSA) is 75.2 Å². The smallest absolute Gasteiger partial charge is 0.241 e. The van der Waals surface area contributed by atoms with Crippen molar-refractivity contribution in [1.82, 2.24) is 15.5 Å². The normalized spacial score (nSPS) is 17.5. The van der Waals surface area contributed by atoms with Crippen LogP contribution in [0.2, 0.25) is 0 Å². The molecule has 1 atom stereocenters. The number of ether oxygens (including phenoxy) is 2. The van der Waals surface area contributed by atoms with Crippen LogP contribution in [-0.2, 0) is 14.3 Å². The van der Waals surface area contributed by atoms with Gasteiger partial charge in [-0.15, -0.1) is 24.0 Å².